The molecule has 3 aromatic carbocycles. The minimum atomic E-state index is -4.11. The van der Waals surface area contributed by atoms with Gasteiger partial charge in [0.05, 0.1) is 16.9 Å². The molecule has 0 fully saturated rings. The maximum atomic E-state index is 14.2. The normalized spacial score (nSPS) is 12.3. The molecule has 3 aromatic rings. The van der Waals surface area contributed by atoms with Gasteiger partial charge < -0.3 is 10.2 Å². The lowest BCUT2D eigenvalue weighted by Gasteiger charge is -2.35. The second kappa shape index (κ2) is 13.7. The van der Waals surface area contributed by atoms with E-state index in [0.29, 0.717) is 16.1 Å². The topological polar surface area (TPSA) is 130 Å². The van der Waals surface area contributed by atoms with Crippen molar-refractivity contribution in [3.8, 4) is 0 Å². The first kappa shape index (κ1) is 33.8. The molecule has 0 heterocycles. The van der Waals surface area contributed by atoms with Gasteiger partial charge in [-0.05, 0) is 56.5 Å². The molecule has 0 saturated heterocycles. The van der Waals surface area contributed by atoms with Crippen LogP contribution in [0.3, 0.4) is 0 Å². The summed E-state index contributed by atoms with van der Waals surface area (Å²) in [5, 5.41) is 15.0. The van der Waals surface area contributed by atoms with Crippen molar-refractivity contribution in [2.75, 3.05) is 17.1 Å². The van der Waals surface area contributed by atoms with Crippen LogP contribution in [0.15, 0.2) is 66.7 Å². The third-order valence-corrected chi connectivity index (χ3v) is 8.19. The van der Waals surface area contributed by atoms with Crippen LogP contribution in [0.2, 0.25) is 10.0 Å². The highest BCUT2D eigenvalue weighted by atomic mass is 35.5. The van der Waals surface area contributed by atoms with Crippen LogP contribution in [0, 0.1) is 17.0 Å². The largest absolute Gasteiger partial charge is 0.350 e. The zero-order valence-electron chi connectivity index (χ0n) is 24.5. The predicted molar refractivity (Wildman–Crippen MR) is 169 cm³/mol. The number of nitrogens with one attached hydrogen (secondary N) is 1. The first-order chi connectivity index (χ1) is 20.0. The van der Waals surface area contributed by atoms with Crippen molar-refractivity contribution < 1.29 is 22.9 Å². The van der Waals surface area contributed by atoms with Gasteiger partial charge in [0.15, 0.2) is 0 Å². The lowest BCUT2D eigenvalue weighted by atomic mass is 10.0. The Morgan fingerprint density at radius 3 is 2.23 bits per heavy atom. The first-order valence-electron chi connectivity index (χ1n) is 13.3. The average Bonchev–Trinajstić information content (AvgIpc) is 2.89. The Morgan fingerprint density at radius 2 is 1.67 bits per heavy atom. The van der Waals surface area contributed by atoms with E-state index in [1.165, 1.54) is 23.1 Å². The number of sulfonamides is 1. The van der Waals surface area contributed by atoms with Gasteiger partial charge in [-0.25, -0.2) is 8.42 Å². The number of carbonyl (C=O) groups is 2. The lowest BCUT2D eigenvalue weighted by molar-refractivity contribution is -0.384. The summed E-state index contributed by atoms with van der Waals surface area (Å²) in [7, 11) is -4.11. The highest BCUT2D eigenvalue weighted by Crippen LogP contribution is 2.29. The molecular weight excluding hydrogens is 615 g/mol. The molecule has 0 aliphatic carbocycles. The van der Waals surface area contributed by atoms with E-state index in [2.05, 4.69) is 5.32 Å². The summed E-state index contributed by atoms with van der Waals surface area (Å²) in [4.78, 5) is 40.1. The van der Waals surface area contributed by atoms with Gasteiger partial charge in [0.2, 0.25) is 21.8 Å². The first-order valence-corrected chi connectivity index (χ1v) is 15.9. The van der Waals surface area contributed by atoms with Gasteiger partial charge in [-0.15, -0.1) is 0 Å². The van der Waals surface area contributed by atoms with Crippen molar-refractivity contribution in [3.05, 3.63) is 104 Å². The van der Waals surface area contributed by atoms with Crippen molar-refractivity contribution in [2.24, 2.45) is 0 Å². The molecule has 0 bridgehead atoms. The van der Waals surface area contributed by atoms with E-state index in [1.807, 2.05) is 51.1 Å². The Balaban J connectivity index is 2.15. The van der Waals surface area contributed by atoms with Crippen molar-refractivity contribution in [1.82, 2.24) is 10.2 Å². The third kappa shape index (κ3) is 9.41. The number of nitro benzene ring substituents is 1. The summed E-state index contributed by atoms with van der Waals surface area (Å²) in [6.45, 7) is 6.15. The molecule has 43 heavy (non-hydrogen) atoms. The van der Waals surface area contributed by atoms with Gasteiger partial charge >= 0.3 is 0 Å². The second-order valence-electron chi connectivity index (χ2n) is 11.2. The van der Waals surface area contributed by atoms with Gasteiger partial charge in [0.25, 0.3) is 5.69 Å². The smallest absolute Gasteiger partial charge is 0.271 e. The number of hydrogen-bond donors (Lipinski definition) is 1. The molecule has 1 atom stereocenters. The summed E-state index contributed by atoms with van der Waals surface area (Å²) in [6, 6.07) is 16.5. The number of hydrogen-bond acceptors (Lipinski definition) is 6. The molecule has 0 aliphatic rings. The van der Waals surface area contributed by atoms with Crippen LogP contribution < -0.4 is 9.62 Å². The minimum absolute atomic E-state index is 0.0201. The Kier molecular flexibility index (Phi) is 10.8. The van der Waals surface area contributed by atoms with Crippen molar-refractivity contribution in [1.29, 1.82) is 0 Å². The number of nitrogens with zero attached hydrogens (tertiary/aromatic N) is 3. The molecule has 0 saturated carbocycles. The Labute approximate surface area is 261 Å². The van der Waals surface area contributed by atoms with E-state index in [4.69, 9.17) is 23.2 Å². The SMILES string of the molecule is Cc1ccc([N+](=O)[O-])cc1N(CC(=O)N(Cc1ccc(Cl)cc1Cl)[C@H](Cc1ccccc1)C(=O)NC(C)(C)C)S(C)(=O)=O. The Bertz CT molecular complexity index is 1610. The monoisotopic (exact) mass is 648 g/mol. The van der Waals surface area contributed by atoms with Gasteiger partial charge in [-0.2, -0.15) is 0 Å². The van der Waals surface area contributed by atoms with E-state index in [1.54, 1.807) is 19.1 Å². The minimum Gasteiger partial charge on any atom is -0.350 e. The van der Waals surface area contributed by atoms with E-state index in [-0.39, 0.29) is 29.4 Å². The second-order valence-corrected chi connectivity index (χ2v) is 14.0. The van der Waals surface area contributed by atoms with E-state index in [9.17, 15) is 28.1 Å². The van der Waals surface area contributed by atoms with Crippen LogP contribution in [0.4, 0.5) is 11.4 Å². The van der Waals surface area contributed by atoms with Crippen molar-refractivity contribution in [2.45, 2.75) is 52.2 Å². The Hall–Kier alpha value is -3.67. The molecule has 3 rings (SSSR count). The van der Waals surface area contributed by atoms with Crippen LogP contribution in [0.5, 0.6) is 0 Å². The summed E-state index contributed by atoms with van der Waals surface area (Å²) < 4.78 is 26.9. The number of amides is 2. The summed E-state index contributed by atoms with van der Waals surface area (Å²) >= 11 is 12.6. The van der Waals surface area contributed by atoms with E-state index >= 15 is 0 Å². The number of benzene rings is 3. The van der Waals surface area contributed by atoms with Gasteiger partial charge in [-0.1, -0.05) is 65.7 Å². The van der Waals surface area contributed by atoms with Gasteiger partial charge in [0, 0.05) is 40.7 Å². The molecule has 230 valence electrons. The van der Waals surface area contributed by atoms with Gasteiger partial charge in [-0.3, -0.25) is 24.0 Å². The maximum absolute atomic E-state index is 14.2. The molecule has 0 aromatic heterocycles. The molecule has 0 unspecified atom stereocenters. The van der Waals surface area contributed by atoms with Gasteiger partial charge in [0.1, 0.15) is 12.6 Å². The van der Waals surface area contributed by atoms with Crippen LogP contribution in [0.25, 0.3) is 0 Å². The number of rotatable bonds is 11. The number of carbonyl (C=O) groups excluding carboxylic acids is 2. The van der Waals surface area contributed by atoms with E-state index in [0.717, 1.165) is 22.2 Å². The zero-order chi connectivity index (χ0) is 32.1. The lowest BCUT2D eigenvalue weighted by Crippen LogP contribution is -2.56. The fourth-order valence-corrected chi connectivity index (χ4v) is 5.78. The van der Waals surface area contributed by atoms with Crippen LogP contribution in [-0.2, 0) is 32.6 Å². The molecule has 10 nitrogen and oxygen atoms in total. The molecular formula is C30H34Cl2N4O6S. The highest BCUT2D eigenvalue weighted by molar-refractivity contribution is 7.92. The standard InChI is InChI=1S/C30H34Cl2N4O6S/c1-20-11-14-24(36(39)40)17-26(20)35(43(5,41)42)19-28(37)34(18-22-12-13-23(31)16-25(22)32)27(29(38)33-30(2,3)4)15-21-9-7-6-8-10-21/h6-14,16-17,27H,15,18-19H2,1-5H3,(H,33,38)/t27-/m1/s1. The predicted octanol–water partition coefficient (Wildman–Crippen LogP) is 5.53. The zero-order valence-corrected chi connectivity index (χ0v) is 26.8. The summed E-state index contributed by atoms with van der Waals surface area (Å²) in [5.41, 5.74) is 0.663. The number of nitro groups is 1. The maximum Gasteiger partial charge on any atom is 0.271 e. The molecule has 0 aliphatic heterocycles. The number of halogens is 2. The fourth-order valence-electron chi connectivity index (χ4n) is 4.42. The third-order valence-electron chi connectivity index (χ3n) is 6.48. The quantitative estimate of drug-likeness (QED) is 0.215. The van der Waals surface area contributed by atoms with Crippen LogP contribution in [-0.4, -0.2) is 54.4 Å². The van der Waals surface area contributed by atoms with Crippen molar-refractivity contribution >= 4 is 56.4 Å². The molecule has 13 heteroatoms. The summed E-state index contributed by atoms with van der Waals surface area (Å²) in [6.07, 6.45) is 1.03. The number of non-ortho nitro benzene ring substituents is 1. The Morgan fingerprint density at radius 1 is 1.02 bits per heavy atom. The van der Waals surface area contributed by atoms with Crippen molar-refractivity contribution in [3.63, 3.8) is 0 Å². The molecule has 0 radical (unpaired) electrons. The highest BCUT2D eigenvalue weighted by Gasteiger charge is 2.35. The van der Waals surface area contributed by atoms with Crippen LogP contribution >= 0.6 is 23.2 Å². The van der Waals surface area contributed by atoms with Crippen LogP contribution in [0.1, 0.15) is 37.5 Å². The molecule has 1 N–H and O–H groups in total. The molecule has 2 amide bonds. The summed E-state index contributed by atoms with van der Waals surface area (Å²) in [5.74, 6) is -1.17. The van der Waals surface area contributed by atoms with E-state index < -0.39 is 44.9 Å². The average molecular weight is 650 g/mol. The fraction of sp³-hybridized carbons (Fsp3) is 0.333. The molecule has 0 spiro atoms. The number of aryl methyl sites for hydroxylation is 1. The number of anilines is 1.